The van der Waals surface area contributed by atoms with Crippen LogP contribution >= 0.6 is 23.2 Å². The first-order chi connectivity index (χ1) is 41.8. The summed E-state index contributed by atoms with van der Waals surface area (Å²) >= 11 is 13.0. The number of hydrogen-bond acceptors (Lipinski definition) is 13. The van der Waals surface area contributed by atoms with E-state index in [9.17, 15) is 9.59 Å². The van der Waals surface area contributed by atoms with Gasteiger partial charge in [0.25, 0.3) is 5.91 Å². The van der Waals surface area contributed by atoms with Gasteiger partial charge >= 0.3 is 6.03 Å². The maximum absolute atomic E-state index is 15.5. The molecule has 0 radical (unpaired) electrons. The highest BCUT2D eigenvalue weighted by atomic mass is 35.5. The third kappa shape index (κ3) is 15.4. The maximum Gasteiger partial charge on any atom is 0.326 e. The van der Waals surface area contributed by atoms with Crippen molar-refractivity contribution >= 4 is 52.5 Å². The molecule has 2 bridgehead atoms. The third-order valence-electron chi connectivity index (χ3n) is 16.8. The molecule has 466 valence electrons. The summed E-state index contributed by atoms with van der Waals surface area (Å²) in [7, 11) is 0. The van der Waals surface area contributed by atoms with Crippen molar-refractivity contribution in [2.45, 2.75) is 104 Å². The summed E-state index contributed by atoms with van der Waals surface area (Å²) in [5, 5.41) is 8.56. The maximum atomic E-state index is 15.5. The topological polar surface area (TPSA) is 174 Å². The second kappa shape index (κ2) is 29.1. The predicted octanol–water partition coefficient (Wildman–Crippen LogP) is 10.5. The Morgan fingerprint density at radius 2 is 1.41 bits per heavy atom. The molecular weight excluding hydrogens is 1150 g/mol. The Kier molecular flexibility index (Phi) is 21.7. The molecule has 3 aliphatic rings. The normalized spacial score (nSPS) is 20.2. The van der Waals surface area contributed by atoms with Gasteiger partial charge in [0, 0.05) is 74.2 Å². The number of benzene rings is 4. The monoisotopic (exact) mass is 1230 g/mol. The van der Waals surface area contributed by atoms with E-state index in [1.165, 1.54) is 0 Å². The lowest BCUT2D eigenvalue weighted by Gasteiger charge is -2.47. The fourth-order valence-electron chi connectivity index (χ4n) is 11.6. The van der Waals surface area contributed by atoms with Gasteiger partial charge in [-0.15, -0.1) is 0 Å². The number of rotatable bonds is 23. The number of halogens is 2. The van der Waals surface area contributed by atoms with Crippen LogP contribution in [0.25, 0.3) is 5.65 Å². The van der Waals surface area contributed by atoms with E-state index in [0.717, 1.165) is 44.8 Å². The van der Waals surface area contributed by atoms with Crippen LogP contribution in [-0.2, 0) is 46.7 Å². The molecule has 1 saturated heterocycles. The van der Waals surface area contributed by atoms with Crippen LogP contribution < -0.4 is 14.8 Å². The molecule has 1 N–H and O–H groups in total. The van der Waals surface area contributed by atoms with E-state index < -0.39 is 11.1 Å². The van der Waals surface area contributed by atoms with Gasteiger partial charge in [0.15, 0.2) is 5.65 Å². The largest absolute Gasteiger partial charge is 0.493 e. The van der Waals surface area contributed by atoms with Gasteiger partial charge in [-0.05, 0) is 123 Å². The zero-order chi connectivity index (χ0) is 61.9. The molecule has 20 heteroatoms. The highest BCUT2D eigenvalue weighted by Crippen LogP contribution is 2.54. The highest BCUT2D eigenvalue weighted by Gasteiger charge is 2.60. The van der Waals surface area contributed by atoms with Gasteiger partial charge in [-0.3, -0.25) is 24.4 Å². The molecule has 3 aliphatic heterocycles. The van der Waals surface area contributed by atoms with Gasteiger partial charge in [-0.2, -0.15) is 5.10 Å². The number of ether oxygens (including phenoxy) is 6. The fraction of sp³-hybridized carbons (Fsp3) is 0.493. The van der Waals surface area contributed by atoms with E-state index >= 15 is 4.79 Å². The van der Waals surface area contributed by atoms with Crippen LogP contribution in [0.1, 0.15) is 117 Å². The number of aliphatic imine (C=N–C) groups is 1. The van der Waals surface area contributed by atoms with Crippen LogP contribution in [0, 0.1) is 6.92 Å². The van der Waals surface area contributed by atoms with Crippen LogP contribution in [-0.4, -0.2) is 176 Å². The lowest BCUT2D eigenvalue weighted by Crippen LogP contribution is -2.60. The molecular formula is C67H85Cl2N9O9. The molecule has 87 heavy (non-hydrogen) atoms. The minimum Gasteiger partial charge on any atom is -0.493 e. The highest BCUT2D eigenvalue weighted by molar-refractivity contribution is 6.30. The van der Waals surface area contributed by atoms with Gasteiger partial charge in [0.2, 0.25) is 5.91 Å². The van der Waals surface area contributed by atoms with E-state index in [1.54, 1.807) is 15.6 Å². The van der Waals surface area contributed by atoms with Crippen molar-refractivity contribution in [2.75, 3.05) is 112 Å². The predicted molar refractivity (Wildman–Crippen MR) is 339 cm³/mol. The van der Waals surface area contributed by atoms with E-state index in [1.807, 2.05) is 103 Å². The number of urea groups is 1. The molecule has 18 nitrogen and oxygen atoms in total. The summed E-state index contributed by atoms with van der Waals surface area (Å²) < 4.78 is 37.6. The van der Waals surface area contributed by atoms with Crippen molar-refractivity contribution in [3.63, 3.8) is 0 Å². The summed E-state index contributed by atoms with van der Waals surface area (Å²) in [5.74, 6) is 1.71. The Bertz CT molecular complexity index is 3350. The third-order valence-corrected chi connectivity index (χ3v) is 17.3. The van der Waals surface area contributed by atoms with Crippen molar-refractivity contribution in [1.29, 1.82) is 0 Å². The molecule has 0 unspecified atom stereocenters. The van der Waals surface area contributed by atoms with Crippen molar-refractivity contribution in [3.05, 3.63) is 158 Å². The Labute approximate surface area is 522 Å². The number of carbonyl (C=O) groups is 3. The summed E-state index contributed by atoms with van der Waals surface area (Å²) in [6, 6.07) is 29.7. The SMILES string of the molecule is CCOc1cc(C(C)(C)C)ccc1C1=N[C@](C)(c2ccc(Cl)cc2)[C@](C)(c2ccc(Cl)cc2)N1C(=O)N1CCN(CCOCCOCCOCCOCCC(=O)NCCN2C[C@H](C)Oc3ccc(C)cc3[C@@H](C)Cc3ccn4ncc(c4n3)C2=O)CC1. The second-order valence-corrected chi connectivity index (χ2v) is 24.9. The first-order valence-corrected chi connectivity index (χ1v) is 31.2. The van der Waals surface area contributed by atoms with Crippen LogP contribution in [0.15, 0.2) is 108 Å². The molecule has 0 aliphatic carbocycles. The van der Waals surface area contributed by atoms with Crippen molar-refractivity contribution in [3.8, 4) is 11.5 Å². The average molecular weight is 1230 g/mol. The number of piperazine rings is 1. The van der Waals surface area contributed by atoms with Crippen LogP contribution in [0.2, 0.25) is 10.0 Å². The van der Waals surface area contributed by atoms with Gasteiger partial charge in [-0.25, -0.2) is 14.3 Å². The molecule has 9 rings (SSSR count). The number of carbonyl (C=O) groups excluding carboxylic acids is 3. The van der Waals surface area contributed by atoms with E-state index in [0.29, 0.717) is 131 Å². The number of hydrogen-bond donors (Lipinski definition) is 1. The lowest BCUT2D eigenvalue weighted by atomic mass is 9.71. The van der Waals surface area contributed by atoms with Crippen LogP contribution in [0.5, 0.6) is 11.5 Å². The van der Waals surface area contributed by atoms with Crippen molar-refractivity contribution < 1.29 is 42.8 Å². The number of amidine groups is 1. The Balaban J connectivity index is 0.677. The molecule has 0 spiro atoms. The molecule has 5 heterocycles. The summed E-state index contributed by atoms with van der Waals surface area (Å²) in [6.07, 6.45) is 3.91. The average Bonchev–Trinajstić information content (AvgIpc) is 1.57. The van der Waals surface area contributed by atoms with Crippen LogP contribution in [0.3, 0.4) is 0 Å². The first kappa shape index (κ1) is 64.8. The number of nitrogens with zero attached hydrogens (tertiary/aromatic N) is 8. The standard InChI is InChI=1S/C67H85Cl2N9O9/c1-10-86-59-43-51(65(5,6)7)16-21-55(59)62-73-66(8,49-12-17-52(68)18-13-49)67(9,50-14-19-53(69)20-15-50)78(62)64(81)75-30-28-74(29-31-75)32-34-83-36-38-85-40-39-84-37-35-82-33-24-60(79)70-25-27-76-45-48(4)87-58-22-11-46(2)41-56(58)47(3)42-54-23-26-77-61(72-54)57(44-71-77)63(76)80/h11-23,26,41,43-44,47-48H,10,24-25,27-40,42,45H2,1-9H3,(H,70,79)/t47-,48-,66+,67-/m0/s1. The number of amides is 4. The van der Waals surface area contributed by atoms with Gasteiger partial charge in [-0.1, -0.05) is 98.9 Å². The lowest BCUT2D eigenvalue weighted by molar-refractivity contribution is -0.122. The first-order valence-electron chi connectivity index (χ1n) is 30.5. The molecule has 4 amide bonds. The van der Waals surface area contributed by atoms with Gasteiger partial charge in [0.1, 0.15) is 40.1 Å². The Morgan fingerprint density at radius 3 is 2.07 bits per heavy atom. The summed E-state index contributed by atoms with van der Waals surface area (Å²) in [5.41, 5.74) is 5.52. The molecule has 4 aromatic carbocycles. The number of nitrogens with one attached hydrogen (secondary N) is 1. The summed E-state index contributed by atoms with van der Waals surface area (Å²) in [6.45, 7) is 26.3. The minimum absolute atomic E-state index is 0.129. The Hall–Kier alpha value is -6.64. The summed E-state index contributed by atoms with van der Waals surface area (Å²) in [4.78, 5) is 60.7. The van der Waals surface area contributed by atoms with Crippen molar-refractivity contribution in [2.24, 2.45) is 4.99 Å². The molecule has 0 saturated carbocycles. The molecule has 4 atom stereocenters. The Morgan fingerprint density at radius 1 is 0.770 bits per heavy atom. The van der Waals surface area contributed by atoms with Crippen LogP contribution in [0.4, 0.5) is 4.79 Å². The quantitative estimate of drug-likeness (QED) is 0.0602. The van der Waals surface area contributed by atoms with Crippen molar-refractivity contribution in [1.82, 2.24) is 39.5 Å². The van der Waals surface area contributed by atoms with E-state index in [2.05, 4.69) is 82.0 Å². The number of aryl methyl sites for hydroxylation is 1. The second-order valence-electron chi connectivity index (χ2n) is 24.1. The number of aromatic nitrogens is 3. The van der Waals surface area contributed by atoms with E-state index in [-0.39, 0.29) is 61.4 Å². The van der Waals surface area contributed by atoms with Gasteiger partial charge in [0.05, 0.1) is 77.8 Å². The zero-order valence-electron chi connectivity index (χ0n) is 51.9. The fourth-order valence-corrected chi connectivity index (χ4v) is 11.9. The molecule has 2 aromatic heterocycles. The zero-order valence-corrected chi connectivity index (χ0v) is 53.4. The molecule has 6 aromatic rings. The minimum atomic E-state index is -1.02. The van der Waals surface area contributed by atoms with E-state index in [4.69, 9.17) is 61.6 Å². The molecule has 1 fully saturated rings. The smallest absolute Gasteiger partial charge is 0.326 e. The van der Waals surface area contributed by atoms with Gasteiger partial charge < -0.3 is 43.5 Å². The number of fused-ring (bicyclic) bond motifs is 2.